The molecule has 0 saturated heterocycles. The normalized spacial score (nSPS) is 14.5. The Labute approximate surface area is 189 Å². The van der Waals surface area contributed by atoms with E-state index < -0.39 is 0 Å². The Morgan fingerprint density at radius 1 is 1.00 bits per heavy atom. The summed E-state index contributed by atoms with van der Waals surface area (Å²) in [7, 11) is 0. The fourth-order valence-corrected chi connectivity index (χ4v) is 4.75. The number of aryl methyl sites for hydroxylation is 1. The summed E-state index contributed by atoms with van der Waals surface area (Å²) >= 11 is 0. The molecule has 1 N–H and O–H groups in total. The van der Waals surface area contributed by atoms with Crippen LogP contribution in [-0.4, -0.2) is 39.4 Å². The van der Waals surface area contributed by atoms with Crippen LogP contribution in [0.2, 0.25) is 0 Å². The fourth-order valence-electron chi connectivity index (χ4n) is 4.75. The van der Waals surface area contributed by atoms with Gasteiger partial charge in [-0.05, 0) is 76.1 Å². The second-order valence-electron chi connectivity index (χ2n) is 8.53. The number of aromatic nitrogens is 2. The third-order valence-electron chi connectivity index (χ3n) is 6.51. The number of hydrogen-bond donors (Lipinski definition) is 1. The first-order chi connectivity index (χ1) is 15.5. The van der Waals surface area contributed by atoms with Crippen LogP contribution in [0.15, 0.2) is 42.5 Å². The van der Waals surface area contributed by atoms with E-state index in [1.165, 1.54) is 32.1 Å². The molecule has 6 heteroatoms. The van der Waals surface area contributed by atoms with Crippen molar-refractivity contribution in [2.45, 2.75) is 58.9 Å². The number of hydrogen-bond acceptors (Lipinski definition) is 3. The zero-order chi connectivity index (χ0) is 22.7. The van der Waals surface area contributed by atoms with Crippen molar-refractivity contribution >= 4 is 28.5 Å². The van der Waals surface area contributed by atoms with E-state index in [1.807, 2.05) is 32.0 Å². The number of carbonyl (C=O) groups excluding carboxylic acids is 2. The molecule has 2 aromatic carbocycles. The Bertz CT molecular complexity index is 1110. The number of anilines is 1. The van der Waals surface area contributed by atoms with E-state index in [4.69, 9.17) is 4.98 Å². The van der Waals surface area contributed by atoms with Crippen molar-refractivity contribution in [2.24, 2.45) is 0 Å². The second kappa shape index (κ2) is 9.55. The number of amides is 2. The van der Waals surface area contributed by atoms with Gasteiger partial charge in [-0.2, -0.15) is 0 Å². The smallest absolute Gasteiger partial charge is 0.255 e. The summed E-state index contributed by atoms with van der Waals surface area (Å²) in [5.41, 5.74) is 3.87. The molecule has 2 amide bonds. The van der Waals surface area contributed by atoms with Crippen molar-refractivity contribution in [3.05, 3.63) is 59.4 Å². The summed E-state index contributed by atoms with van der Waals surface area (Å²) in [5, 5.41) is 2.96. The lowest BCUT2D eigenvalue weighted by Gasteiger charge is -2.25. The van der Waals surface area contributed by atoms with Crippen LogP contribution in [0.4, 0.5) is 5.69 Å². The molecule has 3 aromatic rings. The lowest BCUT2D eigenvalue weighted by Crippen LogP contribution is -2.30. The minimum Gasteiger partial charge on any atom is -0.339 e. The summed E-state index contributed by atoms with van der Waals surface area (Å²) in [6.45, 7) is 7.33. The Hall–Kier alpha value is -3.15. The van der Waals surface area contributed by atoms with Crippen LogP contribution >= 0.6 is 0 Å². The van der Waals surface area contributed by atoms with Crippen molar-refractivity contribution in [1.29, 1.82) is 0 Å². The molecule has 4 rings (SSSR count). The standard InChI is InChI=1S/C26H32N4O2/c1-4-29(5-2)26(32)19-11-14-21(15-12-19)28-25(31)20-13-16-23-24(17-20)30(18(3)27-23)22-9-7-6-8-10-22/h11-17,22H,4-10H2,1-3H3,(H,28,31). The van der Waals surface area contributed by atoms with Crippen LogP contribution in [0.5, 0.6) is 0 Å². The van der Waals surface area contributed by atoms with Gasteiger partial charge in [0.15, 0.2) is 0 Å². The van der Waals surface area contributed by atoms with Gasteiger partial charge in [-0.25, -0.2) is 4.98 Å². The van der Waals surface area contributed by atoms with Gasteiger partial charge in [0.25, 0.3) is 11.8 Å². The highest BCUT2D eigenvalue weighted by Crippen LogP contribution is 2.32. The quantitative estimate of drug-likeness (QED) is 0.552. The van der Waals surface area contributed by atoms with Crippen molar-refractivity contribution in [1.82, 2.24) is 14.5 Å². The highest BCUT2D eigenvalue weighted by molar-refractivity contribution is 6.06. The number of benzene rings is 2. The number of fused-ring (bicyclic) bond motifs is 1. The highest BCUT2D eigenvalue weighted by Gasteiger charge is 2.21. The molecule has 1 saturated carbocycles. The monoisotopic (exact) mass is 432 g/mol. The first-order valence-corrected chi connectivity index (χ1v) is 11.7. The third kappa shape index (κ3) is 4.40. The molecule has 32 heavy (non-hydrogen) atoms. The van der Waals surface area contributed by atoms with Crippen LogP contribution in [-0.2, 0) is 0 Å². The Morgan fingerprint density at radius 2 is 1.66 bits per heavy atom. The van der Waals surface area contributed by atoms with Crippen molar-refractivity contribution < 1.29 is 9.59 Å². The topological polar surface area (TPSA) is 67.2 Å². The minimum atomic E-state index is -0.163. The molecule has 168 valence electrons. The molecule has 1 fully saturated rings. The van der Waals surface area contributed by atoms with Crippen molar-refractivity contribution in [3.63, 3.8) is 0 Å². The molecule has 0 spiro atoms. The molecule has 1 aliphatic rings. The summed E-state index contributed by atoms with van der Waals surface area (Å²) in [6.07, 6.45) is 6.13. The number of carbonyl (C=O) groups is 2. The molecule has 0 atom stereocenters. The van der Waals surface area contributed by atoms with Gasteiger partial charge in [-0.3, -0.25) is 9.59 Å². The lowest BCUT2D eigenvalue weighted by atomic mass is 9.95. The summed E-state index contributed by atoms with van der Waals surface area (Å²) in [5.74, 6) is 0.853. The maximum absolute atomic E-state index is 13.0. The van der Waals surface area contributed by atoms with Crippen LogP contribution in [0.3, 0.4) is 0 Å². The number of rotatable bonds is 6. The van der Waals surface area contributed by atoms with Gasteiger partial charge >= 0.3 is 0 Å². The summed E-state index contributed by atoms with van der Waals surface area (Å²) in [6, 6.07) is 13.3. The maximum atomic E-state index is 13.0. The van der Waals surface area contributed by atoms with E-state index in [0.29, 0.717) is 35.9 Å². The molecule has 1 aliphatic carbocycles. The van der Waals surface area contributed by atoms with Gasteiger partial charge < -0.3 is 14.8 Å². The fraction of sp³-hybridized carbons (Fsp3) is 0.423. The Morgan fingerprint density at radius 3 is 2.31 bits per heavy atom. The van der Waals surface area contributed by atoms with E-state index >= 15 is 0 Å². The van der Waals surface area contributed by atoms with E-state index in [2.05, 4.69) is 16.8 Å². The second-order valence-corrected chi connectivity index (χ2v) is 8.53. The van der Waals surface area contributed by atoms with E-state index in [-0.39, 0.29) is 11.8 Å². The summed E-state index contributed by atoms with van der Waals surface area (Å²) in [4.78, 5) is 31.9. The lowest BCUT2D eigenvalue weighted by molar-refractivity contribution is 0.0773. The van der Waals surface area contributed by atoms with Crippen LogP contribution < -0.4 is 5.32 Å². The van der Waals surface area contributed by atoms with E-state index in [1.54, 1.807) is 29.2 Å². The molecule has 0 bridgehead atoms. The zero-order valence-electron chi connectivity index (χ0n) is 19.2. The maximum Gasteiger partial charge on any atom is 0.255 e. The van der Waals surface area contributed by atoms with E-state index in [0.717, 1.165) is 16.9 Å². The average Bonchev–Trinajstić information content (AvgIpc) is 3.15. The van der Waals surface area contributed by atoms with Gasteiger partial charge in [0.1, 0.15) is 5.82 Å². The molecular weight excluding hydrogens is 400 g/mol. The van der Waals surface area contributed by atoms with Gasteiger partial charge in [-0.15, -0.1) is 0 Å². The molecule has 6 nitrogen and oxygen atoms in total. The van der Waals surface area contributed by atoms with Crippen molar-refractivity contribution in [2.75, 3.05) is 18.4 Å². The predicted octanol–water partition coefficient (Wildman–Crippen LogP) is 5.58. The largest absolute Gasteiger partial charge is 0.339 e. The first kappa shape index (κ1) is 22.1. The number of nitrogens with one attached hydrogen (secondary N) is 1. The molecular formula is C26H32N4O2. The van der Waals surface area contributed by atoms with Gasteiger partial charge in [0, 0.05) is 35.9 Å². The van der Waals surface area contributed by atoms with Gasteiger partial charge in [0.2, 0.25) is 0 Å². The summed E-state index contributed by atoms with van der Waals surface area (Å²) < 4.78 is 2.32. The van der Waals surface area contributed by atoms with Gasteiger partial charge in [-0.1, -0.05) is 19.3 Å². The molecule has 0 radical (unpaired) electrons. The van der Waals surface area contributed by atoms with Crippen molar-refractivity contribution in [3.8, 4) is 0 Å². The molecule has 1 aromatic heterocycles. The van der Waals surface area contributed by atoms with Crippen LogP contribution in [0, 0.1) is 6.92 Å². The Kier molecular flexibility index (Phi) is 6.58. The molecule has 0 aliphatic heterocycles. The Balaban J connectivity index is 1.53. The van der Waals surface area contributed by atoms with E-state index in [9.17, 15) is 9.59 Å². The minimum absolute atomic E-state index is 0.00433. The number of imidazole rings is 1. The SMILES string of the molecule is CCN(CC)C(=O)c1ccc(NC(=O)c2ccc3nc(C)n(C4CCCCC4)c3c2)cc1. The number of nitrogens with zero attached hydrogens (tertiary/aromatic N) is 3. The highest BCUT2D eigenvalue weighted by atomic mass is 16.2. The molecule has 1 heterocycles. The predicted molar refractivity (Wildman–Crippen MR) is 128 cm³/mol. The van der Waals surface area contributed by atoms with Gasteiger partial charge in [0.05, 0.1) is 11.0 Å². The van der Waals surface area contributed by atoms with Crippen LogP contribution in [0.25, 0.3) is 11.0 Å². The van der Waals surface area contributed by atoms with Crippen LogP contribution in [0.1, 0.15) is 78.5 Å². The first-order valence-electron chi connectivity index (χ1n) is 11.7. The molecule has 0 unspecified atom stereocenters. The zero-order valence-corrected chi connectivity index (χ0v) is 19.2. The third-order valence-corrected chi connectivity index (χ3v) is 6.51. The average molecular weight is 433 g/mol.